The number of carbonyl (C=O) groups excluding carboxylic acids is 1. The lowest BCUT2D eigenvalue weighted by Gasteiger charge is -2.13. The number of halogens is 1. The van der Waals surface area contributed by atoms with Crippen molar-refractivity contribution in [1.29, 1.82) is 0 Å². The third-order valence-corrected chi connectivity index (χ3v) is 8.49. The van der Waals surface area contributed by atoms with Crippen LogP contribution in [-0.2, 0) is 26.0 Å². The Morgan fingerprint density at radius 1 is 1.03 bits per heavy atom. The van der Waals surface area contributed by atoms with Gasteiger partial charge in [0.1, 0.15) is 11.6 Å². The van der Waals surface area contributed by atoms with Crippen LogP contribution < -0.4 is 14.8 Å². The molecule has 0 spiro atoms. The number of nitrogens with zero attached hydrogens (tertiary/aromatic N) is 1. The number of carbonyl (C=O) groups is 1. The van der Waals surface area contributed by atoms with Gasteiger partial charge in [-0.3, -0.25) is 4.79 Å². The van der Waals surface area contributed by atoms with Crippen molar-refractivity contribution < 1.29 is 14.3 Å². The zero-order valence-corrected chi connectivity index (χ0v) is 24.2. The smallest absolute Gasteiger partial charge is 0.254 e. The number of nitrogens with one attached hydrogen (secondary N) is 1. The first-order valence-electron chi connectivity index (χ1n) is 12.7. The molecule has 194 valence electrons. The van der Waals surface area contributed by atoms with E-state index in [1.54, 1.807) is 18.4 Å². The Hall–Kier alpha value is -3.17. The Morgan fingerprint density at radius 3 is 2.47 bits per heavy atom. The number of ether oxygens (including phenoxy) is 2. The number of hydrogen-bond donors (Lipinski definition) is 1. The summed E-state index contributed by atoms with van der Waals surface area (Å²) in [6.45, 7) is 0.954. The highest BCUT2D eigenvalue weighted by Gasteiger charge is 2.25. The van der Waals surface area contributed by atoms with E-state index in [9.17, 15) is 4.79 Å². The summed E-state index contributed by atoms with van der Waals surface area (Å²) in [6, 6.07) is 24.0. The molecule has 0 atom stereocenters. The van der Waals surface area contributed by atoms with E-state index in [0.29, 0.717) is 24.7 Å². The van der Waals surface area contributed by atoms with Gasteiger partial charge >= 0.3 is 0 Å². The number of rotatable bonds is 9. The minimum Gasteiger partial charge on any atom is -0.493 e. The summed E-state index contributed by atoms with van der Waals surface area (Å²) in [5.41, 5.74) is 4.94. The van der Waals surface area contributed by atoms with Crippen LogP contribution in [0.1, 0.15) is 50.3 Å². The zero-order valence-electron chi connectivity index (χ0n) is 21.2. The van der Waals surface area contributed by atoms with Gasteiger partial charge in [-0.2, -0.15) is 0 Å². The van der Waals surface area contributed by atoms with Crippen LogP contribution in [0.4, 0.5) is 5.00 Å². The van der Waals surface area contributed by atoms with E-state index in [2.05, 4.69) is 27.9 Å². The molecule has 1 N–H and O–H groups in total. The molecule has 3 aromatic carbocycles. The van der Waals surface area contributed by atoms with Gasteiger partial charge in [0, 0.05) is 17.6 Å². The third-order valence-electron chi connectivity index (χ3n) is 6.48. The summed E-state index contributed by atoms with van der Waals surface area (Å²) in [5.74, 6) is 1.31. The van der Waals surface area contributed by atoms with Crippen LogP contribution in [0.25, 0.3) is 0 Å². The summed E-state index contributed by atoms with van der Waals surface area (Å²) >= 11 is 3.91. The molecular weight excluding hydrogens is 607 g/mol. The molecule has 0 fully saturated rings. The fraction of sp³-hybridized carbons (Fsp3) is 0.226. The highest BCUT2D eigenvalue weighted by molar-refractivity contribution is 14.1. The second kappa shape index (κ2) is 12.6. The summed E-state index contributed by atoms with van der Waals surface area (Å²) in [5, 5.41) is 3.87. The average molecular weight is 637 g/mol. The van der Waals surface area contributed by atoms with Crippen molar-refractivity contribution in [1.82, 2.24) is 5.32 Å². The molecule has 1 amide bonds. The summed E-state index contributed by atoms with van der Waals surface area (Å²) in [6.07, 6.45) is 6.01. The first-order chi connectivity index (χ1) is 18.6. The second-order valence-corrected chi connectivity index (χ2v) is 11.4. The largest absolute Gasteiger partial charge is 0.493 e. The molecule has 1 aliphatic carbocycles. The van der Waals surface area contributed by atoms with Crippen molar-refractivity contribution in [3.05, 3.63) is 109 Å². The molecule has 1 aliphatic rings. The van der Waals surface area contributed by atoms with Crippen molar-refractivity contribution in [2.24, 2.45) is 4.99 Å². The van der Waals surface area contributed by atoms with E-state index in [1.165, 1.54) is 4.88 Å². The zero-order chi connectivity index (χ0) is 26.3. The van der Waals surface area contributed by atoms with Gasteiger partial charge in [0.05, 0.1) is 16.2 Å². The van der Waals surface area contributed by atoms with Crippen LogP contribution in [-0.4, -0.2) is 19.2 Å². The van der Waals surface area contributed by atoms with Gasteiger partial charge in [0.2, 0.25) is 0 Å². The maximum atomic E-state index is 13.4. The maximum Gasteiger partial charge on any atom is 0.254 e. The standard InChI is InChI=1S/C31H29IN2O3S/c1-36-26-17-23(16-25(32)29(26)37-20-22-12-6-3-7-13-22)19-34-31-28(24-14-8-9-15-27(24)38-31)30(35)33-18-21-10-4-2-5-11-21/h2-7,10-13,16-17,19H,8-9,14-15,18,20H2,1H3,(H,33,35). The molecule has 0 unspecified atom stereocenters. The normalized spacial score (nSPS) is 12.8. The van der Waals surface area contributed by atoms with E-state index >= 15 is 0 Å². The molecule has 0 saturated heterocycles. The fourth-order valence-corrected chi connectivity index (χ4v) is 6.57. The number of fused-ring (bicyclic) bond motifs is 1. The van der Waals surface area contributed by atoms with Gasteiger partial charge in [0.15, 0.2) is 11.5 Å². The molecular formula is C31H29IN2O3S. The molecule has 38 heavy (non-hydrogen) atoms. The van der Waals surface area contributed by atoms with Crippen LogP contribution in [0.3, 0.4) is 0 Å². The Morgan fingerprint density at radius 2 is 1.74 bits per heavy atom. The molecule has 4 aromatic rings. The second-order valence-electron chi connectivity index (χ2n) is 9.13. The van der Waals surface area contributed by atoms with E-state index in [-0.39, 0.29) is 5.91 Å². The Bertz CT molecular complexity index is 1430. The SMILES string of the molecule is COc1cc(C=Nc2sc3c(c2C(=O)NCc2ccccc2)CCCC3)cc(I)c1OCc1ccccc1. The number of methoxy groups -OCH3 is 1. The minimum absolute atomic E-state index is 0.0581. The third kappa shape index (κ3) is 6.27. The van der Waals surface area contributed by atoms with E-state index in [0.717, 1.165) is 62.1 Å². The summed E-state index contributed by atoms with van der Waals surface area (Å²) in [4.78, 5) is 19.5. The molecule has 1 aromatic heterocycles. The van der Waals surface area contributed by atoms with Crippen LogP contribution >= 0.6 is 33.9 Å². The monoisotopic (exact) mass is 636 g/mol. The van der Waals surface area contributed by atoms with E-state index < -0.39 is 0 Å². The van der Waals surface area contributed by atoms with E-state index in [4.69, 9.17) is 14.5 Å². The highest BCUT2D eigenvalue weighted by Crippen LogP contribution is 2.40. The lowest BCUT2D eigenvalue weighted by molar-refractivity contribution is 0.0951. The number of benzene rings is 3. The van der Waals surface area contributed by atoms with Crippen molar-refractivity contribution >= 4 is 51.1 Å². The van der Waals surface area contributed by atoms with Gasteiger partial charge in [-0.05, 0) is 82.7 Å². The van der Waals surface area contributed by atoms with Gasteiger partial charge < -0.3 is 14.8 Å². The van der Waals surface area contributed by atoms with Crippen LogP contribution in [0, 0.1) is 3.57 Å². The Kier molecular flexibility index (Phi) is 8.75. The number of aliphatic imine (C=N–C) groups is 1. The minimum atomic E-state index is -0.0581. The quantitative estimate of drug-likeness (QED) is 0.153. The lowest BCUT2D eigenvalue weighted by Crippen LogP contribution is -2.24. The van der Waals surface area contributed by atoms with Gasteiger partial charge in [-0.25, -0.2) is 4.99 Å². The number of amides is 1. The van der Waals surface area contributed by atoms with Crippen LogP contribution in [0.5, 0.6) is 11.5 Å². The Labute approximate surface area is 241 Å². The molecule has 5 rings (SSSR count). The lowest BCUT2D eigenvalue weighted by atomic mass is 9.95. The number of aryl methyl sites for hydroxylation is 1. The first-order valence-corrected chi connectivity index (χ1v) is 14.6. The molecule has 5 nitrogen and oxygen atoms in total. The van der Waals surface area contributed by atoms with E-state index in [1.807, 2.05) is 79.0 Å². The van der Waals surface area contributed by atoms with Crippen LogP contribution in [0.2, 0.25) is 0 Å². The number of hydrogen-bond acceptors (Lipinski definition) is 5. The van der Waals surface area contributed by atoms with Crippen molar-refractivity contribution in [2.75, 3.05) is 7.11 Å². The number of thiophene rings is 1. The topological polar surface area (TPSA) is 59.9 Å². The summed E-state index contributed by atoms with van der Waals surface area (Å²) < 4.78 is 12.7. The molecule has 0 saturated carbocycles. The Balaban J connectivity index is 1.38. The van der Waals surface area contributed by atoms with Crippen LogP contribution in [0.15, 0.2) is 77.8 Å². The van der Waals surface area contributed by atoms with Crippen molar-refractivity contribution in [3.63, 3.8) is 0 Å². The molecule has 1 heterocycles. The summed E-state index contributed by atoms with van der Waals surface area (Å²) in [7, 11) is 1.64. The maximum absolute atomic E-state index is 13.4. The van der Waals surface area contributed by atoms with Crippen molar-refractivity contribution in [2.45, 2.75) is 38.8 Å². The van der Waals surface area contributed by atoms with Crippen molar-refractivity contribution in [3.8, 4) is 11.5 Å². The molecule has 0 aliphatic heterocycles. The molecule has 7 heteroatoms. The highest BCUT2D eigenvalue weighted by atomic mass is 127. The van der Waals surface area contributed by atoms with Gasteiger partial charge in [0.25, 0.3) is 5.91 Å². The average Bonchev–Trinajstić information content (AvgIpc) is 3.33. The first kappa shape index (κ1) is 26.4. The van der Waals surface area contributed by atoms with Gasteiger partial charge in [-0.15, -0.1) is 11.3 Å². The fourth-order valence-electron chi connectivity index (χ4n) is 4.56. The predicted octanol–water partition coefficient (Wildman–Crippen LogP) is 7.50. The van der Waals surface area contributed by atoms with Gasteiger partial charge in [-0.1, -0.05) is 60.7 Å². The molecule has 0 bridgehead atoms. The molecule has 0 radical (unpaired) electrons. The predicted molar refractivity (Wildman–Crippen MR) is 162 cm³/mol.